The Hall–Kier alpha value is -1.72. The first-order valence-corrected chi connectivity index (χ1v) is 5.57. The number of benzene rings is 1. The molecule has 0 aliphatic heterocycles. The van der Waals surface area contributed by atoms with Gasteiger partial charge in [-0.1, -0.05) is 35.3 Å². The lowest BCUT2D eigenvalue weighted by Crippen LogP contribution is -2.15. The maximum atomic E-state index is 13.4. The lowest BCUT2D eigenvalue weighted by Gasteiger charge is -2.06. The molecule has 0 radical (unpaired) electrons. The second-order valence-corrected chi connectivity index (χ2v) is 4.00. The Kier molecular flexibility index (Phi) is 3.74. The quantitative estimate of drug-likeness (QED) is 0.863. The van der Waals surface area contributed by atoms with Crippen LogP contribution in [0.3, 0.4) is 0 Å². The highest BCUT2D eigenvalue weighted by Gasteiger charge is 2.14. The lowest BCUT2D eigenvalue weighted by molar-refractivity contribution is 0.102. The van der Waals surface area contributed by atoms with Crippen molar-refractivity contribution in [2.45, 2.75) is 0 Å². The molecule has 0 bridgehead atoms. The number of carbonyl (C=O) groups is 1. The number of nitrogens with zero attached hydrogens (tertiary/aromatic N) is 2. The van der Waals surface area contributed by atoms with E-state index in [1.54, 1.807) is 6.07 Å². The zero-order chi connectivity index (χ0) is 13.1. The molecular weight excluding hydrogens is 280 g/mol. The van der Waals surface area contributed by atoms with Gasteiger partial charge >= 0.3 is 0 Å². The Labute approximate surface area is 112 Å². The van der Waals surface area contributed by atoms with Crippen LogP contribution in [0.25, 0.3) is 0 Å². The molecule has 1 N–H and O–H groups in total. The van der Waals surface area contributed by atoms with E-state index < -0.39 is 11.7 Å². The van der Waals surface area contributed by atoms with Gasteiger partial charge in [0, 0.05) is 0 Å². The predicted octanol–water partition coefficient (Wildman–Crippen LogP) is 3.17. The van der Waals surface area contributed by atoms with Crippen LogP contribution in [0.5, 0.6) is 0 Å². The van der Waals surface area contributed by atoms with Crippen LogP contribution in [0, 0.1) is 5.82 Å². The molecule has 2 rings (SSSR count). The summed E-state index contributed by atoms with van der Waals surface area (Å²) in [4.78, 5) is 19.2. The molecule has 0 aliphatic rings. The molecule has 1 aromatic carbocycles. The van der Waals surface area contributed by atoms with Crippen LogP contribution in [0.15, 0.2) is 30.6 Å². The molecule has 0 fully saturated rings. The monoisotopic (exact) mass is 285 g/mol. The summed E-state index contributed by atoms with van der Waals surface area (Å²) in [7, 11) is 0. The summed E-state index contributed by atoms with van der Waals surface area (Å²) in [6.07, 6.45) is 1.14. The fourth-order valence-electron chi connectivity index (χ4n) is 1.26. The maximum absolute atomic E-state index is 13.4. The number of amides is 1. The van der Waals surface area contributed by atoms with Crippen molar-refractivity contribution in [2.24, 2.45) is 0 Å². The normalized spacial score (nSPS) is 10.2. The van der Waals surface area contributed by atoms with E-state index in [1.165, 1.54) is 18.2 Å². The summed E-state index contributed by atoms with van der Waals surface area (Å²) in [5.74, 6) is -1.26. The Bertz CT molecular complexity index is 607. The first-order valence-electron chi connectivity index (χ1n) is 4.81. The molecule has 7 heteroatoms. The molecule has 1 heterocycles. The van der Waals surface area contributed by atoms with E-state index in [0.717, 1.165) is 6.33 Å². The third-order valence-electron chi connectivity index (χ3n) is 2.10. The van der Waals surface area contributed by atoms with Gasteiger partial charge in [0.25, 0.3) is 5.91 Å². The SMILES string of the molecule is O=C(Nc1ncnc(Cl)c1Cl)c1ccccc1F. The molecule has 2 aromatic rings. The van der Waals surface area contributed by atoms with Gasteiger partial charge in [0.1, 0.15) is 17.2 Å². The van der Waals surface area contributed by atoms with Crippen LogP contribution in [0.2, 0.25) is 10.2 Å². The Morgan fingerprint density at radius 1 is 1.22 bits per heavy atom. The number of aromatic nitrogens is 2. The number of hydrogen-bond acceptors (Lipinski definition) is 3. The largest absolute Gasteiger partial charge is 0.305 e. The van der Waals surface area contributed by atoms with E-state index in [4.69, 9.17) is 23.2 Å². The molecule has 1 aromatic heterocycles. The summed E-state index contributed by atoms with van der Waals surface area (Å²) >= 11 is 11.5. The van der Waals surface area contributed by atoms with Gasteiger partial charge in [0.2, 0.25) is 0 Å². The topological polar surface area (TPSA) is 54.9 Å². The number of nitrogens with one attached hydrogen (secondary N) is 1. The standard InChI is InChI=1S/C11H6Cl2FN3O/c12-8-9(13)15-5-16-10(8)17-11(18)6-3-1-2-4-7(6)14/h1-5H,(H,15,16,17,18). The zero-order valence-electron chi connectivity index (χ0n) is 8.82. The molecule has 0 atom stereocenters. The van der Waals surface area contributed by atoms with Crippen molar-refractivity contribution in [1.82, 2.24) is 9.97 Å². The third kappa shape index (κ3) is 2.57. The second kappa shape index (κ2) is 5.29. The van der Waals surface area contributed by atoms with Crippen LogP contribution in [-0.2, 0) is 0 Å². The number of hydrogen-bond donors (Lipinski definition) is 1. The van der Waals surface area contributed by atoms with Gasteiger partial charge in [-0.3, -0.25) is 4.79 Å². The molecular formula is C11H6Cl2FN3O. The average Bonchev–Trinajstić information content (AvgIpc) is 2.35. The number of rotatable bonds is 2. The van der Waals surface area contributed by atoms with Gasteiger partial charge in [-0.25, -0.2) is 14.4 Å². The van der Waals surface area contributed by atoms with Crippen molar-refractivity contribution in [2.75, 3.05) is 5.32 Å². The molecule has 4 nitrogen and oxygen atoms in total. The number of halogens is 3. The predicted molar refractivity (Wildman–Crippen MR) is 66.4 cm³/mol. The Balaban J connectivity index is 2.27. The van der Waals surface area contributed by atoms with Crippen molar-refractivity contribution in [3.8, 4) is 0 Å². The van der Waals surface area contributed by atoms with Crippen molar-refractivity contribution in [3.63, 3.8) is 0 Å². The van der Waals surface area contributed by atoms with E-state index in [2.05, 4.69) is 15.3 Å². The molecule has 92 valence electrons. The number of carbonyl (C=O) groups excluding carboxylic acids is 1. The molecule has 0 aliphatic carbocycles. The van der Waals surface area contributed by atoms with Crippen LogP contribution >= 0.6 is 23.2 Å². The molecule has 18 heavy (non-hydrogen) atoms. The van der Waals surface area contributed by atoms with Gasteiger partial charge in [0.05, 0.1) is 5.56 Å². The van der Waals surface area contributed by atoms with Crippen molar-refractivity contribution in [3.05, 3.63) is 52.1 Å². The summed E-state index contributed by atoms with van der Waals surface area (Å²) in [5.41, 5.74) is -0.108. The summed E-state index contributed by atoms with van der Waals surface area (Å²) < 4.78 is 13.4. The molecule has 1 amide bonds. The summed E-state index contributed by atoms with van der Waals surface area (Å²) in [6, 6.07) is 5.57. The average molecular weight is 286 g/mol. The first-order chi connectivity index (χ1) is 8.59. The second-order valence-electron chi connectivity index (χ2n) is 3.26. The van der Waals surface area contributed by atoms with Crippen LogP contribution in [0.1, 0.15) is 10.4 Å². The lowest BCUT2D eigenvalue weighted by atomic mass is 10.2. The van der Waals surface area contributed by atoms with E-state index in [1.807, 2.05) is 0 Å². The van der Waals surface area contributed by atoms with E-state index in [0.29, 0.717) is 0 Å². The molecule has 0 saturated heterocycles. The van der Waals surface area contributed by atoms with Gasteiger partial charge in [0.15, 0.2) is 11.0 Å². The zero-order valence-corrected chi connectivity index (χ0v) is 10.3. The molecule has 0 saturated carbocycles. The Morgan fingerprint density at radius 3 is 2.67 bits per heavy atom. The fraction of sp³-hybridized carbons (Fsp3) is 0. The molecule has 0 spiro atoms. The van der Waals surface area contributed by atoms with Gasteiger partial charge in [-0.15, -0.1) is 0 Å². The number of anilines is 1. The highest BCUT2D eigenvalue weighted by atomic mass is 35.5. The fourth-order valence-corrected chi connectivity index (χ4v) is 1.53. The van der Waals surface area contributed by atoms with Crippen molar-refractivity contribution >= 4 is 34.9 Å². The Morgan fingerprint density at radius 2 is 1.94 bits per heavy atom. The highest BCUT2D eigenvalue weighted by molar-refractivity contribution is 6.43. The molecule has 0 unspecified atom stereocenters. The van der Waals surface area contributed by atoms with Gasteiger partial charge in [-0.05, 0) is 12.1 Å². The van der Waals surface area contributed by atoms with Gasteiger partial charge in [-0.2, -0.15) is 0 Å². The minimum atomic E-state index is -0.662. The van der Waals surface area contributed by atoms with Crippen molar-refractivity contribution in [1.29, 1.82) is 0 Å². The van der Waals surface area contributed by atoms with E-state index >= 15 is 0 Å². The summed E-state index contributed by atoms with van der Waals surface area (Å²) in [5, 5.41) is 2.38. The van der Waals surface area contributed by atoms with E-state index in [9.17, 15) is 9.18 Å². The van der Waals surface area contributed by atoms with Crippen molar-refractivity contribution < 1.29 is 9.18 Å². The van der Waals surface area contributed by atoms with Crippen LogP contribution in [0.4, 0.5) is 10.2 Å². The smallest absolute Gasteiger partial charge is 0.259 e. The maximum Gasteiger partial charge on any atom is 0.259 e. The third-order valence-corrected chi connectivity index (χ3v) is 2.84. The first kappa shape index (κ1) is 12.7. The van der Waals surface area contributed by atoms with Crippen LogP contribution in [-0.4, -0.2) is 15.9 Å². The minimum Gasteiger partial charge on any atom is -0.305 e. The summed E-state index contributed by atoms with van der Waals surface area (Å²) in [6.45, 7) is 0. The van der Waals surface area contributed by atoms with Crippen LogP contribution < -0.4 is 5.32 Å². The minimum absolute atomic E-state index is 0.00357. The van der Waals surface area contributed by atoms with E-state index in [-0.39, 0.29) is 21.6 Å². The van der Waals surface area contributed by atoms with Gasteiger partial charge < -0.3 is 5.32 Å². The highest BCUT2D eigenvalue weighted by Crippen LogP contribution is 2.25.